The van der Waals surface area contributed by atoms with Crippen molar-refractivity contribution in [2.24, 2.45) is 5.92 Å². The Morgan fingerprint density at radius 1 is 1.50 bits per heavy atom. The number of esters is 1. The number of rotatable bonds is 5. The minimum Gasteiger partial charge on any atom is -0.465 e. The fraction of sp³-hybridized carbons (Fsp3) is 0.308. The molecule has 0 N–H and O–H groups in total. The molecule has 0 unspecified atom stereocenters. The second kappa shape index (κ2) is 6.50. The zero-order valence-electron chi connectivity index (χ0n) is 9.85. The number of carbonyl (C=O) groups is 2. The molecule has 0 saturated carbocycles. The summed E-state index contributed by atoms with van der Waals surface area (Å²) < 4.78 is 17.6. The van der Waals surface area contributed by atoms with Crippen LogP contribution in [0, 0.1) is 23.1 Å². The van der Waals surface area contributed by atoms with E-state index >= 15 is 0 Å². The summed E-state index contributed by atoms with van der Waals surface area (Å²) in [6, 6.07) is 6.83. The fourth-order valence-corrected chi connectivity index (χ4v) is 1.39. The first-order valence-corrected chi connectivity index (χ1v) is 5.43. The molecule has 5 heteroatoms. The summed E-state index contributed by atoms with van der Waals surface area (Å²) in [5.41, 5.74) is 0.138. The van der Waals surface area contributed by atoms with E-state index in [4.69, 9.17) is 5.26 Å². The Bertz CT molecular complexity index is 493. The Labute approximate surface area is 104 Å². The molecule has 0 radical (unpaired) electrons. The highest BCUT2D eigenvalue weighted by Crippen LogP contribution is 2.12. The second-order valence-corrected chi connectivity index (χ2v) is 3.57. The normalized spacial score (nSPS) is 11.4. The van der Waals surface area contributed by atoms with E-state index in [1.807, 2.05) is 0 Å². The number of halogens is 1. The van der Waals surface area contributed by atoms with Gasteiger partial charge in [-0.3, -0.25) is 9.59 Å². The van der Waals surface area contributed by atoms with Gasteiger partial charge >= 0.3 is 5.97 Å². The van der Waals surface area contributed by atoms with Gasteiger partial charge < -0.3 is 4.74 Å². The van der Waals surface area contributed by atoms with Crippen LogP contribution < -0.4 is 0 Å². The molecule has 1 atom stereocenters. The Morgan fingerprint density at radius 2 is 2.22 bits per heavy atom. The largest absolute Gasteiger partial charge is 0.465 e. The van der Waals surface area contributed by atoms with Crippen LogP contribution in [-0.2, 0) is 9.53 Å². The Kier molecular flexibility index (Phi) is 5.00. The van der Waals surface area contributed by atoms with E-state index in [0.717, 1.165) is 6.07 Å². The summed E-state index contributed by atoms with van der Waals surface area (Å²) >= 11 is 0. The second-order valence-electron chi connectivity index (χ2n) is 3.57. The molecule has 0 saturated heterocycles. The lowest BCUT2D eigenvalue weighted by Gasteiger charge is -2.07. The van der Waals surface area contributed by atoms with Crippen molar-refractivity contribution >= 4 is 11.8 Å². The predicted octanol–water partition coefficient (Wildman–Crippen LogP) is 2.10. The molecule has 1 aromatic carbocycles. The number of ketones is 1. The summed E-state index contributed by atoms with van der Waals surface area (Å²) in [6.45, 7) is 1.76. The molecule has 0 fully saturated rings. The summed E-state index contributed by atoms with van der Waals surface area (Å²) in [6.07, 6.45) is -0.307. The summed E-state index contributed by atoms with van der Waals surface area (Å²) in [7, 11) is 0. The van der Waals surface area contributed by atoms with Gasteiger partial charge in [0.05, 0.1) is 12.7 Å². The van der Waals surface area contributed by atoms with Crippen molar-refractivity contribution in [1.82, 2.24) is 0 Å². The quantitative estimate of drug-likeness (QED) is 0.592. The van der Waals surface area contributed by atoms with Gasteiger partial charge in [-0.1, -0.05) is 12.1 Å². The van der Waals surface area contributed by atoms with Crippen LogP contribution in [0.3, 0.4) is 0 Å². The monoisotopic (exact) mass is 249 g/mol. The van der Waals surface area contributed by atoms with Crippen molar-refractivity contribution in [2.45, 2.75) is 13.3 Å². The van der Waals surface area contributed by atoms with Crippen molar-refractivity contribution < 1.29 is 18.7 Å². The molecule has 0 aliphatic rings. The van der Waals surface area contributed by atoms with Crippen LogP contribution >= 0.6 is 0 Å². The van der Waals surface area contributed by atoms with E-state index in [0.29, 0.717) is 0 Å². The molecular formula is C13H12FNO3. The van der Waals surface area contributed by atoms with Gasteiger partial charge in [0, 0.05) is 12.0 Å². The highest BCUT2D eigenvalue weighted by Gasteiger charge is 2.23. The molecule has 0 bridgehead atoms. The van der Waals surface area contributed by atoms with Crippen LogP contribution in [0.2, 0.25) is 0 Å². The van der Waals surface area contributed by atoms with Crippen LogP contribution in [0.1, 0.15) is 23.7 Å². The van der Waals surface area contributed by atoms with Crippen LogP contribution in [0.5, 0.6) is 0 Å². The molecule has 0 aliphatic heterocycles. The maximum atomic E-state index is 12.9. The van der Waals surface area contributed by atoms with E-state index in [-0.39, 0.29) is 18.6 Å². The van der Waals surface area contributed by atoms with Crippen molar-refractivity contribution in [3.8, 4) is 6.07 Å². The fourth-order valence-electron chi connectivity index (χ4n) is 1.39. The number of ether oxygens (including phenoxy) is 1. The van der Waals surface area contributed by atoms with Crippen LogP contribution in [0.15, 0.2) is 24.3 Å². The molecule has 0 aliphatic carbocycles. The maximum absolute atomic E-state index is 12.9. The first-order chi connectivity index (χ1) is 8.58. The van der Waals surface area contributed by atoms with E-state index in [1.54, 1.807) is 13.0 Å². The molecule has 1 rings (SSSR count). The van der Waals surface area contributed by atoms with Gasteiger partial charge in [0.15, 0.2) is 11.7 Å². The molecule has 94 valence electrons. The summed E-state index contributed by atoms with van der Waals surface area (Å²) in [4.78, 5) is 23.1. The van der Waals surface area contributed by atoms with Gasteiger partial charge in [-0.25, -0.2) is 4.39 Å². The standard InChI is InChI=1S/C13H12FNO3/c1-2-18-13(17)10(8-15)7-12(16)9-4-3-5-11(14)6-9/h3-6,10H,2,7H2,1H3/t10-/m1/s1. The van der Waals surface area contributed by atoms with Gasteiger partial charge in [0.25, 0.3) is 0 Å². The lowest BCUT2D eigenvalue weighted by atomic mass is 9.99. The van der Waals surface area contributed by atoms with Gasteiger partial charge in [0.1, 0.15) is 5.82 Å². The molecule has 0 spiro atoms. The maximum Gasteiger partial charge on any atom is 0.323 e. The number of nitrogens with zero attached hydrogens (tertiary/aromatic N) is 1. The first kappa shape index (κ1) is 13.8. The van der Waals surface area contributed by atoms with Crippen LogP contribution in [0.4, 0.5) is 4.39 Å². The van der Waals surface area contributed by atoms with Gasteiger partial charge in [-0.05, 0) is 19.1 Å². The van der Waals surface area contributed by atoms with Gasteiger partial charge in [-0.2, -0.15) is 5.26 Å². The van der Waals surface area contributed by atoms with E-state index in [1.165, 1.54) is 18.2 Å². The third kappa shape index (κ3) is 3.67. The predicted molar refractivity (Wildman–Crippen MR) is 61.1 cm³/mol. The molecule has 18 heavy (non-hydrogen) atoms. The zero-order chi connectivity index (χ0) is 13.5. The summed E-state index contributed by atoms with van der Waals surface area (Å²) in [5, 5.41) is 8.80. The van der Waals surface area contributed by atoms with Crippen molar-refractivity contribution in [3.63, 3.8) is 0 Å². The minimum atomic E-state index is -1.15. The first-order valence-electron chi connectivity index (χ1n) is 5.43. The molecule has 0 amide bonds. The van der Waals surface area contributed by atoms with Crippen molar-refractivity contribution in [1.29, 1.82) is 5.26 Å². The van der Waals surface area contributed by atoms with Crippen LogP contribution in [-0.4, -0.2) is 18.4 Å². The van der Waals surface area contributed by atoms with E-state index in [2.05, 4.69) is 4.74 Å². The highest BCUT2D eigenvalue weighted by molar-refractivity contribution is 5.98. The Hall–Kier alpha value is -2.22. The lowest BCUT2D eigenvalue weighted by molar-refractivity contribution is -0.145. The topological polar surface area (TPSA) is 67.2 Å². The van der Waals surface area contributed by atoms with Crippen LogP contribution in [0.25, 0.3) is 0 Å². The number of carbonyl (C=O) groups excluding carboxylic acids is 2. The number of benzene rings is 1. The molecule has 1 aromatic rings. The zero-order valence-corrected chi connectivity index (χ0v) is 9.85. The third-order valence-corrected chi connectivity index (χ3v) is 2.26. The summed E-state index contributed by atoms with van der Waals surface area (Å²) in [5.74, 6) is -2.88. The Morgan fingerprint density at radius 3 is 2.78 bits per heavy atom. The van der Waals surface area contributed by atoms with Crippen molar-refractivity contribution in [3.05, 3.63) is 35.6 Å². The van der Waals surface area contributed by atoms with E-state index in [9.17, 15) is 14.0 Å². The van der Waals surface area contributed by atoms with E-state index < -0.39 is 23.5 Å². The third-order valence-electron chi connectivity index (χ3n) is 2.26. The Balaban J connectivity index is 2.74. The van der Waals surface area contributed by atoms with Gasteiger partial charge in [-0.15, -0.1) is 0 Å². The number of hydrogen-bond donors (Lipinski definition) is 0. The number of Topliss-reactive ketones (excluding diaryl/α,β-unsaturated/α-hetero) is 1. The highest BCUT2D eigenvalue weighted by atomic mass is 19.1. The number of nitriles is 1. The lowest BCUT2D eigenvalue weighted by Crippen LogP contribution is -2.19. The van der Waals surface area contributed by atoms with Gasteiger partial charge in [0.2, 0.25) is 0 Å². The average Bonchev–Trinajstić information content (AvgIpc) is 2.35. The van der Waals surface area contributed by atoms with Crippen molar-refractivity contribution in [2.75, 3.05) is 6.61 Å². The molecule has 0 aromatic heterocycles. The molecule has 0 heterocycles. The minimum absolute atomic E-state index is 0.138. The smallest absolute Gasteiger partial charge is 0.323 e. The molecule has 4 nitrogen and oxygen atoms in total. The average molecular weight is 249 g/mol. The molecular weight excluding hydrogens is 237 g/mol. The SMILES string of the molecule is CCOC(=O)[C@@H](C#N)CC(=O)c1cccc(F)c1. The number of hydrogen-bond acceptors (Lipinski definition) is 4.